The Labute approximate surface area is 148 Å². The Morgan fingerprint density at radius 2 is 1.83 bits per heavy atom. The van der Waals surface area contributed by atoms with E-state index in [1.54, 1.807) is 0 Å². The third-order valence-electron chi connectivity index (χ3n) is 3.40. The smallest absolute Gasteiger partial charge is 0.436 e. The number of anilines is 1. The lowest BCUT2D eigenvalue weighted by Crippen LogP contribution is -2.38. The number of alkyl halides is 3. The predicted octanol–water partition coefficient (Wildman–Crippen LogP) is 4.62. The molecule has 0 aliphatic rings. The van der Waals surface area contributed by atoms with Crippen molar-refractivity contribution < 1.29 is 22.4 Å². The van der Waals surface area contributed by atoms with Gasteiger partial charge >= 0.3 is 12.1 Å². The summed E-state index contributed by atoms with van der Waals surface area (Å²) in [5, 5.41) is 0. The van der Waals surface area contributed by atoms with E-state index in [0.717, 1.165) is 16.2 Å². The molecular formula is C16H10F3IN2O2. The molecule has 0 spiro atoms. The number of amides is 1. The summed E-state index contributed by atoms with van der Waals surface area (Å²) in [4.78, 5) is 16.1. The number of carbonyl (C=O) groups is 1. The number of hydrogen-bond donors (Lipinski definition) is 0. The zero-order valence-corrected chi connectivity index (χ0v) is 14.4. The van der Waals surface area contributed by atoms with Crippen LogP contribution in [0.1, 0.15) is 0 Å². The van der Waals surface area contributed by atoms with Gasteiger partial charge < -0.3 is 9.32 Å². The summed E-state index contributed by atoms with van der Waals surface area (Å²) in [6.07, 6.45) is -4.93. The fourth-order valence-electron chi connectivity index (χ4n) is 2.15. The van der Waals surface area contributed by atoms with Crippen LogP contribution in [0.3, 0.4) is 0 Å². The molecule has 0 saturated carbocycles. The summed E-state index contributed by atoms with van der Waals surface area (Å²) in [7, 11) is 1.07. The second-order valence-corrected chi connectivity index (χ2v) is 6.29. The maximum Gasteiger partial charge on any atom is 0.471 e. The average molecular weight is 446 g/mol. The van der Waals surface area contributed by atoms with Crippen LogP contribution in [0.2, 0.25) is 0 Å². The topological polar surface area (TPSA) is 46.3 Å². The van der Waals surface area contributed by atoms with E-state index in [-0.39, 0.29) is 5.69 Å². The molecule has 0 bridgehead atoms. The first kappa shape index (κ1) is 16.7. The zero-order chi connectivity index (χ0) is 17.5. The zero-order valence-electron chi connectivity index (χ0n) is 12.3. The van der Waals surface area contributed by atoms with Crippen LogP contribution < -0.4 is 4.90 Å². The highest BCUT2D eigenvalue weighted by Crippen LogP contribution is 2.29. The number of fused-ring (bicyclic) bond motifs is 1. The molecule has 0 fully saturated rings. The van der Waals surface area contributed by atoms with Gasteiger partial charge in [0.2, 0.25) is 5.89 Å². The highest BCUT2D eigenvalue weighted by atomic mass is 127. The quantitative estimate of drug-likeness (QED) is 0.540. The maximum atomic E-state index is 12.5. The van der Waals surface area contributed by atoms with E-state index in [1.807, 2.05) is 24.3 Å². The first-order valence-electron chi connectivity index (χ1n) is 6.77. The number of oxazole rings is 1. The SMILES string of the molecule is CN(C(=O)C(F)(F)F)c1ccc2oc(-c3ccc(I)cc3)nc2c1. The predicted molar refractivity (Wildman–Crippen MR) is 91.6 cm³/mol. The van der Waals surface area contributed by atoms with Crippen LogP contribution >= 0.6 is 22.6 Å². The molecule has 0 aliphatic heterocycles. The number of aromatic nitrogens is 1. The normalized spacial score (nSPS) is 11.7. The van der Waals surface area contributed by atoms with Crippen molar-refractivity contribution in [3.63, 3.8) is 0 Å². The maximum absolute atomic E-state index is 12.5. The van der Waals surface area contributed by atoms with Crippen molar-refractivity contribution in [3.8, 4) is 11.5 Å². The molecule has 0 aliphatic carbocycles. The highest BCUT2D eigenvalue weighted by molar-refractivity contribution is 14.1. The number of halogens is 4. The van der Waals surface area contributed by atoms with E-state index < -0.39 is 12.1 Å². The summed E-state index contributed by atoms with van der Waals surface area (Å²) in [6.45, 7) is 0. The minimum atomic E-state index is -4.93. The van der Waals surface area contributed by atoms with Gasteiger partial charge in [-0.05, 0) is 65.1 Å². The van der Waals surface area contributed by atoms with Crippen LogP contribution in [-0.4, -0.2) is 24.1 Å². The van der Waals surface area contributed by atoms with Gasteiger partial charge in [0.15, 0.2) is 5.58 Å². The molecule has 124 valence electrons. The Morgan fingerprint density at radius 1 is 1.17 bits per heavy atom. The number of carbonyl (C=O) groups excluding carboxylic acids is 1. The third-order valence-corrected chi connectivity index (χ3v) is 4.12. The van der Waals surface area contributed by atoms with Crippen LogP contribution in [0.25, 0.3) is 22.6 Å². The highest BCUT2D eigenvalue weighted by Gasteiger charge is 2.41. The largest absolute Gasteiger partial charge is 0.471 e. The molecule has 0 unspecified atom stereocenters. The van der Waals surface area contributed by atoms with Gasteiger partial charge in [-0.15, -0.1) is 0 Å². The second-order valence-electron chi connectivity index (χ2n) is 5.04. The summed E-state index contributed by atoms with van der Waals surface area (Å²) in [6, 6.07) is 11.7. The molecule has 1 aromatic heterocycles. The first-order valence-corrected chi connectivity index (χ1v) is 7.85. The second kappa shape index (κ2) is 6.08. The molecule has 2 aromatic carbocycles. The molecule has 3 aromatic rings. The Bertz CT molecular complexity index is 904. The minimum Gasteiger partial charge on any atom is -0.436 e. The number of benzene rings is 2. The van der Waals surface area contributed by atoms with Gasteiger partial charge in [-0.1, -0.05) is 0 Å². The van der Waals surface area contributed by atoms with Gasteiger partial charge in [0.05, 0.1) is 0 Å². The Hall–Kier alpha value is -2.10. The van der Waals surface area contributed by atoms with Gasteiger partial charge in [-0.25, -0.2) is 4.98 Å². The van der Waals surface area contributed by atoms with Gasteiger partial charge in [-0.2, -0.15) is 13.2 Å². The van der Waals surface area contributed by atoms with E-state index >= 15 is 0 Å². The van der Waals surface area contributed by atoms with Gasteiger partial charge in [0.25, 0.3) is 0 Å². The molecule has 0 saturated heterocycles. The van der Waals surface area contributed by atoms with Crippen LogP contribution in [0, 0.1) is 3.57 Å². The summed E-state index contributed by atoms with van der Waals surface area (Å²) < 4.78 is 44.3. The van der Waals surface area contributed by atoms with Gasteiger partial charge in [-0.3, -0.25) is 4.79 Å². The average Bonchev–Trinajstić information content (AvgIpc) is 2.96. The van der Waals surface area contributed by atoms with Crippen LogP contribution in [0.5, 0.6) is 0 Å². The molecule has 1 amide bonds. The molecule has 0 atom stereocenters. The number of rotatable bonds is 2. The summed E-state index contributed by atoms with van der Waals surface area (Å²) in [5.74, 6) is -1.58. The van der Waals surface area contributed by atoms with Crippen molar-refractivity contribution in [2.24, 2.45) is 0 Å². The van der Waals surface area contributed by atoms with Crippen molar-refractivity contribution >= 4 is 45.3 Å². The lowest BCUT2D eigenvalue weighted by molar-refractivity contribution is -0.170. The standard InChI is InChI=1S/C16H10F3IN2O2/c1-22(15(23)16(17,18)19)11-6-7-13-12(8-11)21-14(24-13)9-2-4-10(20)5-3-9/h2-8H,1H3. The monoisotopic (exact) mass is 446 g/mol. The number of nitrogens with zero attached hydrogens (tertiary/aromatic N) is 2. The van der Waals surface area contributed by atoms with E-state index in [4.69, 9.17) is 4.42 Å². The van der Waals surface area contributed by atoms with E-state index in [1.165, 1.54) is 18.2 Å². The van der Waals surface area contributed by atoms with E-state index in [2.05, 4.69) is 27.6 Å². The summed E-state index contributed by atoms with van der Waals surface area (Å²) in [5.41, 5.74) is 1.66. The van der Waals surface area contributed by atoms with Crippen molar-refractivity contribution in [3.05, 3.63) is 46.0 Å². The van der Waals surface area contributed by atoms with Crippen molar-refractivity contribution in [2.75, 3.05) is 11.9 Å². The molecule has 8 heteroatoms. The van der Waals surface area contributed by atoms with Gasteiger partial charge in [0.1, 0.15) is 5.52 Å². The molecule has 4 nitrogen and oxygen atoms in total. The minimum absolute atomic E-state index is 0.0901. The van der Waals surface area contributed by atoms with E-state index in [0.29, 0.717) is 21.9 Å². The molecule has 0 radical (unpaired) electrons. The molecular weight excluding hydrogens is 436 g/mol. The fraction of sp³-hybridized carbons (Fsp3) is 0.125. The van der Waals surface area contributed by atoms with Crippen molar-refractivity contribution in [1.29, 1.82) is 0 Å². The first-order chi connectivity index (χ1) is 11.3. The van der Waals surface area contributed by atoms with Crippen molar-refractivity contribution in [2.45, 2.75) is 6.18 Å². The van der Waals surface area contributed by atoms with Crippen LogP contribution in [0.15, 0.2) is 46.9 Å². The molecule has 0 N–H and O–H groups in total. The van der Waals surface area contributed by atoms with Crippen molar-refractivity contribution in [1.82, 2.24) is 4.98 Å². The Balaban J connectivity index is 1.97. The Kier molecular flexibility index (Phi) is 4.24. The fourth-order valence-corrected chi connectivity index (χ4v) is 2.51. The lowest BCUT2D eigenvalue weighted by Gasteiger charge is -2.18. The molecule has 1 heterocycles. The molecule has 3 rings (SSSR count). The van der Waals surface area contributed by atoms with E-state index in [9.17, 15) is 18.0 Å². The lowest BCUT2D eigenvalue weighted by atomic mass is 10.2. The third kappa shape index (κ3) is 3.23. The van der Waals surface area contributed by atoms with Gasteiger partial charge in [0, 0.05) is 21.9 Å². The van der Waals surface area contributed by atoms with Crippen LogP contribution in [0.4, 0.5) is 18.9 Å². The molecule has 24 heavy (non-hydrogen) atoms. The van der Waals surface area contributed by atoms with Crippen LogP contribution in [-0.2, 0) is 4.79 Å². The number of hydrogen-bond acceptors (Lipinski definition) is 3. The Morgan fingerprint density at radius 3 is 2.46 bits per heavy atom. The summed E-state index contributed by atoms with van der Waals surface area (Å²) >= 11 is 2.17.